The zero-order valence-electron chi connectivity index (χ0n) is 12.4. The number of nitrogens with one attached hydrogen (secondary N) is 1. The van der Waals surface area contributed by atoms with E-state index in [4.69, 9.17) is 4.42 Å². The Hall–Kier alpha value is -1.33. The van der Waals surface area contributed by atoms with Gasteiger partial charge in [0.25, 0.3) is 0 Å². The molecule has 1 aromatic rings. The van der Waals surface area contributed by atoms with Crippen LogP contribution in [0.2, 0.25) is 0 Å². The number of aryl methyl sites for hydroxylation is 1. The lowest BCUT2D eigenvalue weighted by molar-refractivity contribution is -0.122. The van der Waals surface area contributed by atoms with Gasteiger partial charge in [-0.3, -0.25) is 4.79 Å². The minimum atomic E-state index is -0.575. The van der Waals surface area contributed by atoms with Gasteiger partial charge in [0.15, 0.2) is 0 Å². The molecule has 2 atom stereocenters. The highest BCUT2D eigenvalue weighted by Crippen LogP contribution is 2.22. The summed E-state index contributed by atoms with van der Waals surface area (Å²) in [6.45, 7) is 5.59. The number of carbonyl (C=O) groups excluding carboxylic acids is 1. The molecule has 0 aliphatic heterocycles. The fraction of sp³-hybridized carbons (Fsp3) is 0.667. The van der Waals surface area contributed by atoms with Crippen LogP contribution in [0.1, 0.15) is 39.2 Å². The largest absolute Gasteiger partial charge is 0.472 e. The predicted octanol–water partition coefficient (Wildman–Crippen LogP) is 1.49. The van der Waals surface area contributed by atoms with Crippen LogP contribution in [0.5, 0.6) is 0 Å². The van der Waals surface area contributed by atoms with Crippen LogP contribution in [-0.4, -0.2) is 34.9 Å². The van der Waals surface area contributed by atoms with Gasteiger partial charge in [-0.15, -0.1) is 0 Å². The van der Waals surface area contributed by atoms with Gasteiger partial charge in [-0.25, -0.2) is 0 Å². The first-order chi connectivity index (χ1) is 9.32. The van der Waals surface area contributed by atoms with Gasteiger partial charge in [-0.1, -0.05) is 20.8 Å². The van der Waals surface area contributed by atoms with E-state index in [1.54, 1.807) is 12.5 Å². The van der Waals surface area contributed by atoms with Crippen LogP contribution < -0.4 is 5.32 Å². The Morgan fingerprint density at radius 2 is 2.15 bits per heavy atom. The molecule has 20 heavy (non-hydrogen) atoms. The number of aliphatic hydroxyl groups is 2. The smallest absolute Gasteiger partial charge is 0.220 e. The lowest BCUT2D eigenvalue weighted by Crippen LogP contribution is -2.42. The summed E-state index contributed by atoms with van der Waals surface area (Å²) in [5.74, 6) is -0.133. The molecule has 5 heteroatoms. The summed E-state index contributed by atoms with van der Waals surface area (Å²) in [5.41, 5.74) is 0.699. The Morgan fingerprint density at radius 1 is 1.45 bits per heavy atom. The average molecular weight is 283 g/mol. The quantitative estimate of drug-likeness (QED) is 0.708. The molecule has 1 aromatic heterocycles. The monoisotopic (exact) mass is 283 g/mol. The normalized spacial score (nSPS) is 14.8. The van der Waals surface area contributed by atoms with Crippen LogP contribution in [-0.2, 0) is 11.2 Å². The van der Waals surface area contributed by atoms with Crippen molar-refractivity contribution in [2.45, 2.75) is 52.2 Å². The van der Waals surface area contributed by atoms with Crippen molar-refractivity contribution in [2.24, 2.45) is 5.41 Å². The summed E-state index contributed by atoms with van der Waals surface area (Å²) in [5, 5.41) is 22.1. The number of aliphatic hydroxyl groups excluding tert-OH is 2. The second-order valence-electron chi connectivity index (χ2n) is 6.20. The first-order valence-electron chi connectivity index (χ1n) is 6.92. The van der Waals surface area contributed by atoms with Gasteiger partial charge < -0.3 is 19.9 Å². The lowest BCUT2D eigenvalue weighted by atomic mass is 9.85. The highest BCUT2D eigenvalue weighted by atomic mass is 16.3. The standard InChI is InChI=1S/C15H25NO4/c1-15(2,3)13(18)8-12(9-17)16-14(19)5-4-11-6-7-20-10-11/h6-7,10,12-13,17-18H,4-5,8-9H2,1-3H3,(H,16,19)/t12-,13-/m0/s1. The maximum atomic E-state index is 11.8. The van der Waals surface area contributed by atoms with Gasteiger partial charge in [0.2, 0.25) is 5.91 Å². The number of carbonyl (C=O) groups is 1. The van der Waals surface area contributed by atoms with Crippen molar-refractivity contribution in [2.75, 3.05) is 6.61 Å². The molecule has 0 saturated carbocycles. The Morgan fingerprint density at radius 3 is 2.65 bits per heavy atom. The van der Waals surface area contributed by atoms with Gasteiger partial charge in [0, 0.05) is 6.42 Å². The van der Waals surface area contributed by atoms with Gasteiger partial charge >= 0.3 is 0 Å². The molecular formula is C15H25NO4. The Balaban J connectivity index is 2.37. The number of hydrogen-bond acceptors (Lipinski definition) is 4. The van der Waals surface area contributed by atoms with E-state index in [-0.39, 0.29) is 17.9 Å². The maximum Gasteiger partial charge on any atom is 0.220 e. The van der Waals surface area contributed by atoms with E-state index in [0.29, 0.717) is 19.3 Å². The molecule has 0 aliphatic carbocycles. The van der Waals surface area contributed by atoms with E-state index in [1.165, 1.54) is 0 Å². The molecule has 0 unspecified atom stereocenters. The van der Waals surface area contributed by atoms with E-state index in [2.05, 4.69) is 5.32 Å². The molecule has 1 rings (SSSR count). The molecule has 0 saturated heterocycles. The molecule has 0 aliphatic rings. The number of hydrogen-bond donors (Lipinski definition) is 3. The van der Waals surface area contributed by atoms with Crippen molar-refractivity contribution in [3.63, 3.8) is 0 Å². The fourth-order valence-corrected chi connectivity index (χ4v) is 1.79. The van der Waals surface area contributed by atoms with Crippen molar-refractivity contribution in [3.8, 4) is 0 Å². The first kappa shape index (κ1) is 16.7. The third kappa shape index (κ3) is 5.75. The van der Waals surface area contributed by atoms with Gasteiger partial charge in [-0.05, 0) is 29.9 Å². The van der Waals surface area contributed by atoms with E-state index < -0.39 is 12.1 Å². The Bertz CT molecular complexity index is 395. The summed E-state index contributed by atoms with van der Waals surface area (Å²) in [4.78, 5) is 11.8. The highest BCUT2D eigenvalue weighted by molar-refractivity contribution is 5.76. The molecule has 1 amide bonds. The Kier molecular flexibility index (Phi) is 6.23. The summed E-state index contributed by atoms with van der Waals surface area (Å²) in [6.07, 6.45) is 3.89. The molecule has 114 valence electrons. The van der Waals surface area contributed by atoms with Crippen LogP contribution in [0.25, 0.3) is 0 Å². The van der Waals surface area contributed by atoms with E-state index >= 15 is 0 Å². The van der Waals surface area contributed by atoms with Crippen LogP contribution >= 0.6 is 0 Å². The summed E-state index contributed by atoms with van der Waals surface area (Å²) >= 11 is 0. The van der Waals surface area contributed by atoms with E-state index in [9.17, 15) is 15.0 Å². The minimum absolute atomic E-state index is 0.133. The van der Waals surface area contributed by atoms with Crippen LogP contribution in [0.3, 0.4) is 0 Å². The zero-order valence-corrected chi connectivity index (χ0v) is 12.4. The summed E-state index contributed by atoms with van der Waals surface area (Å²) < 4.78 is 4.93. The molecule has 1 heterocycles. The maximum absolute atomic E-state index is 11.8. The molecular weight excluding hydrogens is 258 g/mol. The second-order valence-corrected chi connectivity index (χ2v) is 6.20. The third-order valence-corrected chi connectivity index (χ3v) is 3.31. The van der Waals surface area contributed by atoms with Crippen molar-refractivity contribution in [3.05, 3.63) is 24.2 Å². The SMILES string of the molecule is CC(C)(C)[C@@H](O)C[C@@H](CO)NC(=O)CCc1ccoc1. The number of amides is 1. The van der Waals surface area contributed by atoms with Crippen LogP contribution in [0, 0.1) is 5.41 Å². The Labute approximate surface area is 120 Å². The minimum Gasteiger partial charge on any atom is -0.472 e. The molecule has 0 spiro atoms. The second kappa shape index (κ2) is 7.45. The molecule has 0 bridgehead atoms. The van der Waals surface area contributed by atoms with E-state index in [1.807, 2.05) is 26.8 Å². The van der Waals surface area contributed by atoms with Crippen LogP contribution in [0.4, 0.5) is 0 Å². The molecule has 0 radical (unpaired) electrons. The number of furan rings is 1. The zero-order chi connectivity index (χ0) is 15.2. The van der Waals surface area contributed by atoms with Gasteiger partial charge in [0.1, 0.15) is 0 Å². The van der Waals surface area contributed by atoms with Crippen molar-refractivity contribution < 1.29 is 19.4 Å². The lowest BCUT2D eigenvalue weighted by Gasteiger charge is -2.29. The molecule has 0 fully saturated rings. The first-order valence-corrected chi connectivity index (χ1v) is 6.92. The molecule has 0 aromatic carbocycles. The fourth-order valence-electron chi connectivity index (χ4n) is 1.79. The van der Waals surface area contributed by atoms with Crippen LogP contribution in [0.15, 0.2) is 23.0 Å². The van der Waals surface area contributed by atoms with Gasteiger partial charge in [-0.2, -0.15) is 0 Å². The van der Waals surface area contributed by atoms with Gasteiger partial charge in [0.05, 0.1) is 31.3 Å². The topological polar surface area (TPSA) is 82.7 Å². The third-order valence-electron chi connectivity index (χ3n) is 3.31. The summed E-state index contributed by atoms with van der Waals surface area (Å²) in [6, 6.07) is 1.40. The molecule has 3 N–H and O–H groups in total. The molecule has 5 nitrogen and oxygen atoms in total. The average Bonchev–Trinajstić information content (AvgIpc) is 2.87. The van der Waals surface area contributed by atoms with Crippen molar-refractivity contribution in [1.82, 2.24) is 5.32 Å². The predicted molar refractivity (Wildman–Crippen MR) is 76.1 cm³/mol. The highest BCUT2D eigenvalue weighted by Gasteiger charge is 2.25. The van der Waals surface area contributed by atoms with E-state index in [0.717, 1.165) is 5.56 Å². The van der Waals surface area contributed by atoms with Crippen molar-refractivity contribution in [1.29, 1.82) is 0 Å². The number of rotatable bonds is 7. The summed E-state index contributed by atoms with van der Waals surface area (Å²) in [7, 11) is 0. The van der Waals surface area contributed by atoms with Crippen molar-refractivity contribution >= 4 is 5.91 Å².